The van der Waals surface area contributed by atoms with Crippen LogP contribution in [0.3, 0.4) is 0 Å². The van der Waals surface area contributed by atoms with Gasteiger partial charge in [0.1, 0.15) is 11.0 Å². The highest BCUT2D eigenvalue weighted by Gasteiger charge is 2.05. The van der Waals surface area contributed by atoms with Gasteiger partial charge in [-0.1, -0.05) is 42.7 Å². The van der Waals surface area contributed by atoms with Crippen molar-refractivity contribution in [3.05, 3.63) is 35.6 Å². The van der Waals surface area contributed by atoms with E-state index in [0.29, 0.717) is 0 Å². The minimum absolute atomic E-state index is 0.00318. The lowest BCUT2D eigenvalue weighted by Gasteiger charge is -2.04. The van der Waals surface area contributed by atoms with Gasteiger partial charge in [0, 0.05) is 12.5 Å². The second kappa shape index (κ2) is 6.96. The molecule has 98 valence electrons. The summed E-state index contributed by atoms with van der Waals surface area (Å²) in [7, 11) is 0. The van der Waals surface area contributed by atoms with Gasteiger partial charge in [0.15, 0.2) is 0 Å². The average Bonchev–Trinajstić information content (AvgIpc) is 2.35. The molecule has 1 aromatic carbocycles. The SMILES string of the molecule is CC(C)/C(Cl)=N\OC(=O)NCc1ccc(F)cc1. The Morgan fingerprint density at radius 3 is 2.61 bits per heavy atom. The van der Waals surface area contributed by atoms with E-state index in [1.165, 1.54) is 12.1 Å². The molecule has 0 bridgehead atoms. The van der Waals surface area contributed by atoms with Gasteiger partial charge in [0.2, 0.25) is 0 Å². The first kappa shape index (κ1) is 14.4. The van der Waals surface area contributed by atoms with Gasteiger partial charge in [0.25, 0.3) is 0 Å². The molecule has 1 amide bonds. The Hall–Kier alpha value is -1.62. The minimum atomic E-state index is -0.710. The van der Waals surface area contributed by atoms with Gasteiger partial charge < -0.3 is 5.32 Å². The summed E-state index contributed by atoms with van der Waals surface area (Å²) in [6.45, 7) is 3.88. The molecule has 0 saturated carbocycles. The maximum atomic E-state index is 12.6. The van der Waals surface area contributed by atoms with Gasteiger partial charge in [-0.05, 0) is 17.7 Å². The number of hydrogen-bond donors (Lipinski definition) is 1. The Labute approximate surface area is 110 Å². The third-order valence-electron chi connectivity index (χ3n) is 2.04. The molecule has 0 aromatic heterocycles. The second-order valence-electron chi connectivity index (χ2n) is 3.93. The van der Waals surface area contributed by atoms with Gasteiger partial charge >= 0.3 is 6.09 Å². The predicted molar refractivity (Wildman–Crippen MR) is 67.8 cm³/mol. The number of halogens is 2. The highest BCUT2D eigenvalue weighted by atomic mass is 35.5. The lowest BCUT2D eigenvalue weighted by Crippen LogP contribution is -2.22. The number of benzene rings is 1. The topological polar surface area (TPSA) is 50.7 Å². The fourth-order valence-electron chi connectivity index (χ4n) is 0.999. The molecule has 18 heavy (non-hydrogen) atoms. The average molecular weight is 273 g/mol. The van der Waals surface area contributed by atoms with Crippen molar-refractivity contribution >= 4 is 22.9 Å². The first-order valence-electron chi connectivity index (χ1n) is 5.41. The normalized spacial score (nSPS) is 11.5. The van der Waals surface area contributed by atoms with Crippen molar-refractivity contribution in [1.82, 2.24) is 5.32 Å². The van der Waals surface area contributed by atoms with Crippen molar-refractivity contribution in [2.45, 2.75) is 20.4 Å². The summed E-state index contributed by atoms with van der Waals surface area (Å²) in [5.41, 5.74) is 0.757. The molecule has 1 N–H and O–H groups in total. The lowest BCUT2D eigenvalue weighted by molar-refractivity contribution is 0.150. The van der Waals surface area contributed by atoms with E-state index in [0.717, 1.165) is 5.56 Å². The molecular weight excluding hydrogens is 259 g/mol. The minimum Gasteiger partial charge on any atom is -0.316 e. The molecule has 4 nitrogen and oxygen atoms in total. The van der Waals surface area contributed by atoms with E-state index in [2.05, 4.69) is 15.3 Å². The van der Waals surface area contributed by atoms with Crippen LogP contribution in [0.1, 0.15) is 19.4 Å². The van der Waals surface area contributed by atoms with Gasteiger partial charge in [-0.3, -0.25) is 4.84 Å². The van der Waals surface area contributed by atoms with Crippen molar-refractivity contribution < 1.29 is 14.0 Å². The molecular formula is C12H14ClFN2O2. The van der Waals surface area contributed by atoms with E-state index < -0.39 is 6.09 Å². The van der Waals surface area contributed by atoms with Crippen LogP contribution in [0.2, 0.25) is 0 Å². The van der Waals surface area contributed by atoms with Gasteiger partial charge in [-0.15, -0.1) is 0 Å². The molecule has 1 rings (SSSR count). The van der Waals surface area contributed by atoms with E-state index >= 15 is 0 Å². The third kappa shape index (κ3) is 5.14. The first-order chi connectivity index (χ1) is 8.49. The zero-order chi connectivity index (χ0) is 13.5. The Morgan fingerprint density at radius 1 is 1.44 bits per heavy atom. The van der Waals surface area contributed by atoms with E-state index in [1.807, 2.05) is 13.8 Å². The summed E-state index contributed by atoms with van der Waals surface area (Å²) in [4.78, 5) is 15.8. The highest BCUT2D eigenvalue weighted by molar-refractivity contribution is 6.65. The molecule has 0 aliphatic rings. The molecule has 0 heterocycles. The number of nitrogens with zero attached hydrogens (tertiary/aromatic N) is 1. The van der Waals surface area contributed by atoms with Crippen LogP contribution in [0.5, 0.6) is 0 Å². The fraction of sp³-hybridized carbons (Fsp3) is 0.333. The molecule has 1 aromatic rings. The molecule has 0 unspecified atom stereocenters. The zero-order valence-electron chi connectivity index (χ0n) is 10.1. The van der Waals surface area contributed by atoms with Gasteiger partial charge in [-0.25, -0.2) is 9.18 Å². The Balaban J connectivity index is 2.38. The summed E-state index contributed by atoms with van der Waals surface area (Å²) >= 11 is 5.70. The Bertz CT molecular complexity index is 432. The molecule has 0 aliphatic heterocycles. The summed E-state index contributed by atoms with van der Waals surface area (Å²) in [5.74, 6) is -0.328. The first-order valence-corrected chi connectivity index (χ1v) is 5.79. The van der Waals surface area contributed by atoms with Crippen LogP contribution in [0.4, 0.5) is 9.18 Å². The van der Waals surface area contributed by atoms with Crippen LogP contribution < -0.4 is 5.32 Å². The Morgan fingerprint density at radius 2 is 2.06 bits per heavy atom. The number of nitrogens with one attached hydrogen (secondary N) is 1. The highest BCUT2D eigenvalue weighted by Crippen LogP contribution is 2.03. The number of carbonyl (C=O) groups is 1. The maximum Gasteiger partial charge on any atom is 0.433 e. The molecule has 6 heteroatoms. The number of oxime groups is 1. The molecule has 0 atom stereocenters. The van der Waals surface area contributed by atoms with Gasteiger partial charge in [0.05, 0.1) is 0 Å². The molecule has 0 spiro atoms. The van der Waals surface area contributed by atoms with Crippen molar-refractivity contribution in [1.29, 1.82) is 0 Å². The molecule has 0 fully saturated rings. The van der Waals surface area contributed by atoms with Crippen LogP contribution in [0, 0.1) is 11.7 Å². The number of rotatable bonds is 4. The standard InChI is InChI=1S/C12H14ClFN2O2/c1-8(2)11(13)16-18-12(17)15-7-9-3-5-10(14)6-4-9/h3-6,8H,7H2,1-2H3,(H,15,17)/b16-11+. The molecule has 0 radical (unpaired) electrons. The number of hydrogen-bond acceptors (Lipinski definition) is 3. The van der Waals surface area contributed by atoms with Crippen molar-refractivity contribution in [3.63, 3.8) is 0 Å². The van der Waals surface area contributed by atoms with Crippen LogP contribution in [-0.2, 0) is 11.4 Å². The zero-order valence-corrected chi connectivity index (χ0v) is 10.9. The van der Waals surface area contributed by atoms with Crippen LogP contribution >= 0.6 is 11.6 Å². The van der Waals surface area contributed by atoms with E-state index in [9.17, 15) is 9.18 Å². The van der Waals surface area contributed by atoms with Crippen molar-refractivity contribution in [3.8, 4) is 0 Å². The van der Waals surface area contributed by atoms with Crippen LogP contribution in [-0.4, -0.2) is 11.3 Å². The third-order valence-corrected chi connectivity index (χ3v) is 2.55. The van der Waals surface area contributed by atoms with E-state index in [-0.39, 0.29) is 23.5 Å². The summed E-state index contributed by atoms with van der Waals surface area (Å²) in [5, 5.41) is 6.14. The van der Waals surface area contributed by atoms with Crippen molar-refractivity contribution in [2.24, 2.45) is 11.1 Å². The Kier molecular flexibility index (Phi) is 5.58. The number of amides is 1. The smallest absolute Gasteiger partial charge is 0.316 e. The monoisotopic (exact) mass is 272 g/mol. The van der Waals surface area contributed by atoms with Crippen LogP contribution in [0.25, 0.3) is 0 Å². The van der Waals surface area contributed by atoms with Crippen LogP contribution in [0.15, 0.2) is 29.4 Å². The largest absolute Gasteiger partial charge is 0.433 e. The lowest BCUT2D eigenvalue weighted by atomic mass is 10.2. The van der Waals surface area contributed by atoms with E-state index in [1.54, 1.807) is 12.1 Å². The summed E-state index contributed by atoms with van der Waals surface area (Å²) in [6.07, 6.45) is -0.710. The summed E-state index contributed by atoms with van der Waals surface area (Å²) < 4.78 is 12.6. The van der Waals surface area contributed by atoms with E-state index in [4.69, 9.17) is 11.6 Å². The molecule has 0 saturated heterocycles. The van der Waals surface area contributed by atoms with Gasteiger partial charge in [-0.2, -0.15) is 0 Å². The fourth-order valence-corrected chi connectivity index (χ4v) is 1.03. The second-order valence-corrected chi connectivity index (χ2v) is 4.31. The quantitative estimate of drug-likeness (QED) is 0.520. The summed E-state index contributed by atoms with van der Waals surface area (Å²) in [6, 6.07) is 5.77. The predicted octanol–water partition coefficient (Wildman–Crippen LogP) is 3.26. The molecule has 0 aliphatic carbocycles. The maximum absolute atomic E-state index is 12.6. The van der Waals surface area contributed by atoms with Crippen molar-refractivity contribution in [2.75, 3.05) is 0 Å². The number of carbonyl (C=O) groups excluding carboxylic acids is 1.